The van der Waals surface area contributed by atoms with E-state index >= 15 is 0 Å². The molecule has 2 aromatic carbocycles. The van der Waals surface area contributed by atoms with Crippen LogP contribution in [-0.2, 0) is 0 Å². The lowest BCUT2D eigenvalue weighted by Crippen LogP contribution is -1.89. The molecule has 0 heterocycles. The zero-order valence-electron chi connectivity index (χ0n) is 8.28. The fourth-order valence-corrected chi connectivity index (χ4v) is 1.60. The molecular formula is C12H9BrFNO. The standard InChI is InChI=1S/C12H9BrFNO/c13-11-7-10(4-5-12(11)15)16-9-3-1-2-8(14)6-9/h1-7H,15H2. The Bertz CT molecular complexity index is 516. The molecule has 0 saturated carbocycles. The topological polar surface area (TPSA) is 35.2 Å². The molecule has 2 N–H and O–H groups in total. The van der Waals surface area contributed by atoms with Crippen LogP contribution in [-0.4, -0.2) is 0 Å². The molecular weight excluding hydrogens is 273 g/mol. The third-order valence-corrected chi connectivity index (χ3v) is 2.69. The summed E-state index contributed by atoms with van der Waals surface area (Å²) in [6.45, 7) is 0. The third kappa shape index (κ3) is 2.52. The molecule has 16 heavy (non-hydrogen) atoms. The molecule has 0 aliphatic heterocycles. The molecule has 82 valence electrons. The van der Waals surface area contributed by atoms with Gasteiger partial charge in [-0.15, -0.1) is 0 Å². The molecule has 2 aromatic rings. The molecule has 0 aliphatic carbocycles. The zero-order valence-corrected chi connectivity index (χ0v) is 9.87. The van der Waals surface area contributed by atoms with Crippen molar-refractivity contribution in [2.45, 2.75) is 0 Å². The summed E-state index contributed by atoms with van der Waals surface area (Å²) in [6.07, 6.45) is 0. The van der Waals surface area contributed by atoms with Crippen molar-refractivity contribution in [1.82, 2.24) is 0 Å². The van der Waals surface area contributed by atoms with Crippen molar-refractivity contribution >= 4 is 21.6 Å². The van der Waals surface area contributed by atoms with Gasteiger partial charge in [-0.1, -0.05) is 6.07 Å². The number of halogens is 2. The minimum atomic E-state index is -0.327. The van der Waals surface area contributed by atoms with Gasteiger partial charge < -0.3 is 10.5 Å². The summed E-state index contributed by atoms with van der Waals surface area (Å²) in [5, 5.41) is 0. The first-order valence-electron chi connectivity index (χ1n) is 4.63. The number of hydrogen-bond acceptors (Lipinski definition) is 2. The molecule has 0 atom stereocenters. The van der Waals surface area contributed by atoms with Crippen LogP contribution in [0.5, 0.6) is 11.5 Å². The number of nitrogens with two attached hydrogens (primary N) is 1. The molecule has 0 aliphatic rings. The van der Waals surface area contributed by atoms with Gasteiger partial charge in [0.1, 0.15) is 17.3 Å². The summed E-state index contributed by atoms with van der Waals surface area (Å²) in [7, 11) is 0. The minimum Gasteiger partial charge on any atom is -0.457 e. The Balaban J connectivity index is 2.24. The first kappa shape index (κ1) is 11.0. The molecule has 2 nitrogen and oxygen atoms in total. The van der Waals surface area contributed by atoms with Crippen molar-refractivity contribution in [2.24, 2.45) is 0 Å². The van der Waals surface area contributed by atoms with Crippen molar-refractivity contribution in [3.8, 4) is 11.5 Å². The van der Waals surface area contributed by atoms with Crippen LogP contribution in [0.3, 0.4) is 0 Å². The Morgan fingerprint density at radius 3 is 2.50 bits per heavy atom. The van der Waals surface area contributed by atoms with Gasteiger partial charge in [-0.3, -0.25) is 0 Å². The molecule has 0 aromatic heterocycles. The Morgan fingerprint density at radius 2 is 1.81 bits per heavy atom. The highest BCUT2D eigenvalue weighted by Gasteiger charge is 2.01. The van der Waals surface area contributed by atoms with E-state index in [9.17, 15) is 4.39 Å². The number of hydrogen-bond donors (Lipinski definition) is 1. The van der Waals surface area contributed by atoms with E-state index in [4.69, 9.17) is 10.5 Å². The van der Waals surface area contributed by atoms with Crippen LogP contribution in [0.15, 0.2) is 46.9 Å². The van der Waals surface area contributed by atoms with Gasteiger partial charge in [0, 0.05) is 16.2 Å². The number of benzene rings is 2. The van der Waals surface area contributed by atoms with Crippen molar-refractivity contribution < 1.29 is 9.13 Å². The Hall–Kier alpha value is -1.55. The largest absolute Gasteiger partial charge is 0.457 e. The lowest BCUT2D eigenvalue weighted by atomic mass is 10.3. The lowest BCUT2D eigenvalue weighted by molar-refractivity contribution is 0.476. The normalized spacial score (nSPS) is 10.1. The summed E-state index contributed by atoms with van der Waals surface area (Å²) in [5.74, 6) is 0.732. The quantitative estimate of drug-likeness (QED) is 0.846. The highest BCUT2D eigenvalue weighted by atomic mass is 79.9. The average Bonchev–Trinajstić information content (AvgIpc) is 2.24. The van der Waals surface area contributed by atoms with Crippen molar-refractivity contribution in [3.63, 3.8) is 0 Å². The first-order valence-corrected chi connectivity index (χ1v) is 5.43. The van der Waals surface area contributed by atoms with Gasteiger partial charge in [-0.05, 0) is 46.3 Å². The summed E-state index contributed by atoms with van der Waals surface area (Å²) in [5.41, 5.74) is 6.27. The van der Waals surface area contributed by atoms with Crippen LogP contribution >= 0.6 is 15.9 Å². The second kappa shape index (κ2) is 4.53. The fraction of sp³-hybridized carbons (Fsp3) is 0. The van der Waals surface area contributed by atoms with Gasteiger partial charge >= 0.3 is 0 Å². The Labute approximate surface area is 101 Å². The van der Waals surface area contributed by atoms with Crippen LogP contribution < -0.4 is 10.5 Å². The Kier molecular flexibility index (Phi) is 3.10. The first-order chi connectivity index (χ1) is 7.65. The van der Waals surface area contributed by atoms with E-state index in [0.29, 0.717) is 17.2 Å². The highest BCUT2D eigenvalue weighted by Crippen LogP contribution is 2.28. The number of rotatable bonds is 2. The molecule has 0 bridgehead atoms. The molecule has 0 spiro atoms. The van der Waals surface area contributed by atoms with Gasteiger partial charge in [0.2, 0.25) is 0 Å². The fourth-order valence-electron chi connectivity index (χ4n) is 1.24. The van der Waals surface area contributed by atoms with Gasteiger partial charge in [0.15, 0.2) is 0 Å². The van der Waals surface area contributed by atoms with Crippen LogP contribution in [0.4, 0.5) is 10.1 Å². The molecule has 0 unspecified atom stereocenters. The molecule has 0 radical (unpaired) electrons. The summed E-state index contributed by atoms with van der Waals surface area (Å²) >= 11 is 3.29. The highest BCUT2D eigenvalue weighted by molar-refractivity contribution is 9.10. The molecule has 4 heteroatoms. The molecule has 0 amide bonds. The number of ether oxygens (including phenoxy) is 1. The zero-order chi connectivity index (χ0) is 11.5. The predicted octanol–water partition coefficient (Wildman–Crippen LogP) is 3.96. The summed E-state index contributed by atoms with van der Waals surface area (Å²) in [4.78, 5) is 0. The second-order valence-electron chi connectivity index (χ2n) is 3.24. The molecule has 0 saturated heterocycles. The maximum atomic E-state index is 12.9. The van der Waals surface area contributed by atoms with E-state index in [1.165, 1.54) is 12.1 Å². The van der Waals surface area contributed by atoms with E-state index in [0.717, 1.165) is 4.47 Å². The smallest absolute Gasteiger partial charge is 0.130 e. The average molecular weight is 282 g/mol. The SMILES string of the molecule is Nc1ccc(Oc2cccc(F)c2)cc1Br. The van der Waals surface area contributed by atoms with Gasteiger partial charge in [-0.25, -0.2) is 4.39 Å². The Morgan fingerprint density at radius 1 is 1.06 bits per heavy atom. The van der Waals surface area contributed by atoms with E-state index in [2.05, 4.69) is 15.9 Å². The van der Waals surface area contributed by atoms with Crippen LogP contribution in [0.25, 0.3) is 0 Å². The van der Waals surface area contributed by atoms with Gasteiger partial charge in [-0.2, -0.15) is 0 Å². The maximum absolute atomic E-state index is 12.9. The van der Waals surface area contributed by atoms with Gasteiger partial charge in [0.05, 0.1) is 0 Å². The lowest BCUT2D eigenvalue weighted by Gasteiger charge is -2.06. The van der Waals surface area contributed by atoms with Crippen molar-refractivity contribution in [3.05, 3.63) is 52.8 Å². The molecule has 2 rings (SSSR count). The van der Waals surface area contributed by atoms with Crippen LogP contribution in [0.1, 0.15) is 0 Å². The van der Waals surface area contributed by atoms with Crippen molar-refractivity contribution in [2.75, 3.05) is 5.73 Å². The maximum Gasteiger partial charge on any atom is 0.130 e. The second-order valence-corrected chi connectivity index (χ2v) is 4.10. The van der Waals surface area contributed by atoms with E-state index < -0.39 is 0 Å². The number of nitrogen functional groups attached to an aromatic ring is 1. The summed E-state index contributed by atoms with van der Waals surface area (Å²) < 4.78 is 19.1. The van der Waals surface area contributed by atoms with Gasteiger partial charge in [0.25, 0.3) is 0 Å². The molecule has 0 fully saturated rings. The van der Waals surface area contributed by atoms with Crippen LogP contribution in [0.2, 0.25) is 0 Å². The summed E-state index contributed by atoms with van der Waals surface area (Å²) in [6, 6.07) is 11.2. The number of anilines is 1. The van der Waals surface area contributed by atoms with E-state index in [-0.39, 0.29) is 5.82 Å². The van der Waals surface area contributed by atoms with E-state index in [1.54, 1.807) is 30.3 Å². The van der Waals surface area contributed by atoms with Crippen LogP contribution in [0, 0.1) is 5.82 Å². The monoisotopic (exact) mass is 281 g/mol. The third-order valence-electron chi connectivity index (χ3n) is 2.00. The minimum absolute atomic E-state index is 0.327. The van der Waals surface area contributed by atoms with Crippen molar-refractivity contribution in [1.29, 1.82) is 0 Å². The van der Waals surface area contributed by atoms with E-state index in [1.807, 2.05) is 0 Å². The predicted molar refractivity (Wildman–Crippen MR) is 65.0 cm³/mol.